The van der Waals surface area contributed by atoms with Gasteiger partial charge in [0.1, 0.15) is 12.6 Å². The average Bonchev–Trinajstić information content (AvgIpc) is 3.47. The molecule has 0 radical (unpaired) electrons. The van der Waals surface area contributed by atoms with Crippen LogP contribution >= 0.6 is 11.6 Å². The molecule has 3 aromatic rings. The van der Waals surface area contributed by atoms with Gasteiger partial charge in [0.25, 0.3) is 5.52 Å². The molecule has 8 heteroatoms. The Kier molecular flexibility index (Phi) is 5.21. The molecule has 0 aliphatic carbocycles. The van der Waals surface area contributed by atoms with Crippen molar-refractivity contribution >= 4 is 46.1 Å². The predicted molar refractivity (Wildman–Crippen MR) is 121 cm³/mol. The number of aromatic nitrogens is 1. The molecule has 1 saturated heterocycles. The van der Waals surface area contributed by atoms with Crippen molar-refractivity contribution in [2.45, 2.75) is 39.3 Å². The molecule has 1 aromatic heterocycles. The minimum atomic E-state index is -1.03. The lowest BCUT2D eigenvalue weighted by molar-refractivity contribution is -0.674. The number of halogens is 1. The van der Waals surface area contributed by atoms with Crippen LogP contribution in [0.4, 0.5) is 11.4 Å². The number of carbonyl (C=O) groups excluding carboxylic acids is 1. The lowest BCUT2D eigenvalue weighted by Crippen LogP contribution is -2.44. The number of hydrogen-bond acceptors (Lipinski definition) is 6. The third-order valence-corrected chi connectivity index (χ3v) is 6.38. The standard InChI is InChI=1S/C24H24ClN3O4/c1-3-26-18-12-15(25)7-9-20(18)31-22(26)14-23-27(4-2)19-13-16(8-10-21(19)32-23)28-11-5-6-17(28)24(29)30/h7-10,12-14,17H,3-6,11H2,1-2H3. The summed E-state index contributed by atoms with van der Waals surface area (Å²) >= 11 is 6.18. The summed E-state index contributed by atoms with van der Waals surface area (Å²) in [7, 11) is 0. The van der Waals surface area contributed by atoms with Crippen LogP contribution in [0, 0.1) is 0 Å². The first-order valence-electron chi connectivity index (χ1n) is 10.9. The zero-order chi connectivity index (χ0) is 22.4. The Labute approximate surface area is 191 Å². The Balaban J connectivity index is 1.55. The fourth-order valence-corrected chi connectivity index (χ4v) is 4.80. The van der Waals surface area contributed by atoms with Gasteiger partial charge in [-0.25, -0.2) is 0 Å². The van der Waals surface area contributed by atoms with E-state index in [1.54, 1.807) is 0 Å². The third-order valence-electron chi connectivity index (χ3n) is 6.14. The van der Waals surface area contributed by atoms with Gasteiger partial charge in [-0.3, -0.25) is 0 Å². The third kappa shape index (κ3) is 3.37. The van der Waals surface area contributed by atoms with Crippen molar-refractivity contribution in [2.24, 2.45) is 0 Å². The van der Waals surface area contributed by atoms with Crippen molar-refractivity contribution in [1.29, 1.82) is 0 Å². The summed E-state index contributed by atoms with van der Waals surface area (Å²) in [6, 6.07) is 10.8. The van der Waals surface area contributed by atoms with Crippen molar-refractivity contribution in [2.75, 3.05) is 22.9 Å². The van der Waals surface area contributed by atoms with Gasteiger partial charge in [-0.15, -0.1) is 0 Å². The number of aryl methyl sites for hydroxylation is 1. The fourth-order valence-electron chi connectivity index (χ4n) is 4.64. The SMILES string of the molecule is CCN1/C(=C/c2oc3ccc(N4CCCC4C(=O)[O-])cc3[n+]2CC)Oc2ccc(Cl)cc21. The summed E-state index contributed by atoms with van der Waals surface area (Å²) in [6.45, 7) is 6.20. The molecule has 2 aromatic carbocycles. The second-order valence-corrected chi connectivity index (χ2v) is 8.38. The van der Waals surface area contributed by atoms with Crippen LogP contribution < -0.4 is 24.2 Å². The van der Waals surface area contributed by atoms with Gasteiger partial charge in [0.15, 0.2) is 5.75 Å². The summed E-state index contributed by atoms with van der Waals surface area (Å²) in [5.41, 5.74) is 3.42. The Hall–Kier alpha value is -3.19. The van der Waals surface area contributed by atoms with Gasteiger partial charge in [0.05, 0.1) is 17.7 Å². The number of hydrogen-bond donors (Lipinski definition) is 0. The molecule has 2 aliphatic heterocycles. The minimum absolute atomic E-state index is 0.591. The van der Waals surface area contributed by atoms with E-state index in [1.165, 1.54) is 0 Å². The van der Waals surface area contributed by atoms with Crippen molar-refractivity contribution in [3.8, 4) is 5.75 Å². The molecule has 1 fully saturated rings. The van der Waals surface area contributed by atoms with Gasteiger partial charge in [-0.05, 0) is 57.0 Å². The Bertz CT molecular complexity index is 1240. The van der Waals surface area contributed by atoms with Crippen molar-refractivity contribution in [3.63, 3.8) is 0 Å². The molecule has 3 heterocycles. The molecule has 0 amide bonds. The van der Waals surface area contributed by atoms with Gasteiger partial charge < -0.3 is 28.9 Å². The van der Waals surface area contributed by atoms with E-state index in [9.17, 15) is 9.90 Å². The number of anilines is 2. The maximum Gasteiger partial charge on any atom is 0.379 e. The van der Waals surface area contributed by atoms with Crippen LogP contribution in [0.15, 0.2) is 46.7 Å². The summed E-state index contributed by atoms with van der Waals surface area (Å²) in [5.74, 6) is 1.06. The van der Waals surface area contributed by atoms with Gasteiger partial charge in [0.2, 0.25) is 11.5 Å². The first-order chi connectivity index (χ1) is 15.5. The van der Waals surface area contributed by atoms with E-state index in [2.05, 4.69) is 16.4 Å². The summed E-state index contributed by atoms with van der Waals surface area (Å²) < 4.78 is 14.3. The molecule has 0 N–H and O–H groups in total. The summed E-state index contributed by atoms with van der Waals surface area (Å²) in [6.07, 6.45) is 3.33. The maximum atomic E-state index is 11.5. The zero-order valence-electron chi connectivity index (χ0n) is 18.0. The number of carboxylic acid groups (broad SMARTS) is 1. The van der Waals surface area contributed by atoms with Gasteiger partial charge in [-0.2, -0.15) is 4.57 Å². The van der Waals surface area contributed by atoms with Gasteiger partial charge in [0, 0.05) is 29.9 Å². The van der Waals surface area contributed by atoms with Crippen LogP contribution in [0.5, 0.6) is 5.75 Å². The topological polar surface area (TPSA) is 72.9 Å². The molecular weight excluding hydrogens is 430 g/mol. The van der Waals surface area contributed by atoms with Crippen LogP contribution in [0.25, 0.3) is 17.2 Å². The highest BCUT2D eigenvalue weighted by Crippen LogP contribution is 2.41. The Morgan fingerprint density at radius 1 is 1.28 bits per heavy atom. The molecule has 32 heavy (non-hydrogen) atoms. The zero-order valence-corrected chi connectivity index (χ0v) is 18.8. The van der Waals surface area contributed by atoms with E-state index in [-0.39, 0.29) is 0 Å². The number of ether oxygens (including phenoxy) is 1. The fraction of sp³-hybridized carbons (Fsp3) is 0.333. The number of fused-ring (bicyclic) bond motifs is 2. The van der Waals surface area contributed by atoms with E-state index in [1.807, 2.05) is 54.3 Å². The van der Waals surface area contributed by atoms with Crippen LogP contribution in [-0.2, 0) is 11.3 Å². The second kappa shape index (κ2) is 8.06. The minimum Gasteiger partial charge on any atom is -0.548 e. The number of oxazole rings is 1. The number of carbonyl (C=O) groups is 1. The molecule has 0 spiro atoms. The van der Waals surface area contributed by atoms with Crippen LogP contribution in [0.1, 0.15) is 32.6 Å². The maximum absolute atomic E-state index is 11.5. The molecule has 2 aliphatic rings. The number of benzene rings is 2. The smallest absolute Gasteiger partial charge is 0.379 e. The van der Waals surface area contributed by atoms with E-state index in [0.29, 0.717) is 36.3 Å². The quantitative estimate of drug-likeness (QED) is 0.552. The highest BCUT2D eigenvalue weighted by atomic mass is 35.5. The molecular formula is C24H24ClN3O4. The first-order valence-corrected chi connectivity index (χ1v) is 11.3. The largest absolute Gasteiger partial charge is 0.548 e. The normalized spacial score (nSPS) is 19.1. The van der Waals surface area contributed by atoms with Crippen LogP contribution in [-0.4, -0.2) is 25.1 Å². The van der Waals surface area contributed by atoms with Crippen molar-refractivity contribution in [1.82, 2.24) is 0 Å². The molecule has 7 nitrogen and oxygen atoms in total. The molecule has 0 bridgehead atoms. The molecule has 5 rings (SSSR count). The average molecular weight is 454 g/mol. The summed E-state index contributed by atoms with van der Waals surface area (Å²) in [5, 5.41) is 12.2. The lowest BCUT2D eigenvalue weighted by atomic mass is 10.2. The predicted octanol–water partition coefficient (Wildman–Crippen LogP) is 3.33. The van der Waals surface area contributed by atoms with Crippen LogP contribution in [0.2, 0.25) is 5.02 Å². The highest BCUT2D eigenvalue weighted by Gasteiger charge is 2.30. The van der Waals surface area contributed by atoms with Gasteiger partial charge >= 0.3 is 5.89 Å². The molecule has 1 unspecified atom stereocenters. The van der Waals surface area contributed by atoms with Crippen molar-refractivity contribution in [3.05, 3.63) is 53.2 Å². The number of aliphatic carboxylic acids is 1. The number of nitrogens with zero attached hydrogens (tertiary/aromatic N) is 3. The Morgan fingerprint density at radius 2 is 2.12 bits per heavy atom. The monoisotopic (exact) mass is 453 g/mol. The second-order valence-electron chi connectivity index (χ2n) is 7.95. The Morgan fingerprint density at radius 3 is 2.88 bits per heavy atom. The highest BCUT2D eigenvalue weighted by molar-refractivity contribution is 6.31. The molecule has 166 valence electrons. The van der Waals surface area contributed by atoms with E-state index in [4.69, 9.17) is 20.8 Å². The van der Waals surface area contributed by atoms with Crippen LogP contribution in [0.3, 0.4) is 0 Å². The number of rotatable bonds is 5. The molecule has 0 saturated carbocycles. The number of carboxylic acids is 1. The molecule has 1 atom stereocenters. The van der Waals surface area contributed by atoms with Crippen molar-refractivity contribution < 1.29 is 23.6 Å². The van der Waals surface area contributed by atoms with E-state index >= 15 is 0 Å². The van der Waals surface area contributed by atoms with Gasteiger partial charge in [-0.1, -0.05) is 11.6 Å². The van der Waals surface area contributed by atoms with E-state index < -0.39 is 12.0 Å². The first kappa shape index (κ1) is 20.7. The lowest BCUT2D eigenvalue weighted by Gasteiger charge is -2.27. The summed E-state index contributed by atoms with van der Waals surface area (Å²) in [4.78, 5) is 15.5. The van der Waals surface area contributed by atoms with E-state index in [0.717, 1.165) is 41.2 Å².